The van der Waals surface area contributed by atoms with Gasteiger partial charge < -0.3 is 14.2 Å². The molecule has 1 N–H and O–H groups in total. The van der Waals surface area contributed by atoms with Crippen LogP contribution in [0.4, 0.5) is 0 Å². The molecule has 0 spiro atoms. The quantitative estimate of drug-likeness (QED) is 0.190. The highest BCUT2D eigenvalue weighted by Crippen LogP contribution is 2.43. The average Bonchev–Trinajstić information content (AvgIpc) is 3.78. The Balaban J connectivity index is 1.14. The third kappa shape index (κ3) is 4.49. The summed E-state index contributed by atoms with van der Waals surface area (Å²) < 4.78 is 12.8. The second-order valence-corrected chi connectivity index (χ2v) is 13.4. The first kappa shape index (κ1) is 28.8. The lowest BCUT2D eigenvalue weighted by Gasteiger charge is -2.26. The Labute approximate surface area is 298 Å². The summed E-state index contributed by atoms with van der Waals surface area (Å²) in [6, 6.07) is 56.9. The Kier molecular flexibility index (Phi) is 6.25. The summed E-state index contributed by atoms with van der Waals surface area (Å²) in [5, 5.41) is 12.9. The van der Waals surface area contributed by atoms with Crippen molar-refractivity contribution in [2.45, 2.75) is 6.17 Å². The minimum absolute atomic E-state index is 0.485. The van der Waals surface area contributed by atoms with E-state index >= 15 is 0 Å². The normalized spacial score (nSPS) is 14.7. The summed E-state index contributed by atoms with van der Waals surface area (Å²) in [4.78, 5) is 10.6. The fraction of sp³-hybridized carbons (Fsp3) is 0.0213. The summed E-state index contributed by atoms with van der Waals surface area (Å²) in [6.07, 6.45) is -0.485. The van der Waals surface area contributed by atoms with Crippen molar-refractivity contribution in [1.82, 2.24) is 5.32 Å². The highest BCUT2D eigenvalue weighted by Gasteiger charge is 2.28. The molecule has 1 aliphatic heterocycles. The molecule has 1 atom stereocenters. The SMILES string of the molecule is c1ccc(C2=NC(c3c(-c4ccc5c(c4)oc4ccccc45)ccc4oc5ccccc5c34)NC(c3ccc4c(ccc5ccccc54)c3)=N2)cc1. The van der Waals surface area contributed by atoms with Gasteiger partial charge in [-0.1, -0.05) is 127 Å². The molecule has 0 bridgehead atoms. The van der Waals surface area contributed by atoms with Crippen LogP contribution in [-0.2, 0) is 0 Å². The largest absolute Gasteiger partial charge is 0.456 e. The predicted octanol–water partition coefficient (Wildman–Crippen LogP) is 12.0. The van der Waals surface area contributed by atoms with Crippen molar-refractivity contribution in [1.29, 1.82) is 0 Å². The van der Waals surface area contributed by atoms with Crippen LogP contribution in [0, 0.1) is 0 Å². The van der Waals surface area contributed by atoms with Crippen LogP contribution < -0.4 is 5.32 Å². The van der Waals surface area contributed by atoms with E-state index in [1.165, 1.54) is 16.2 Å². The molecule has 0 saturated heterocycles. The second kappa shape index (κ2) is 11.3. The van der Waals surface area contributed by atoms with E-state index in [2.05, 4.69) is 127 Å². The lowest BCUT2D eigenvalue weighted by molar-refractivity contribution is 0.662. The highest BCUT2D eigenvalue weighted by molar-refractivity contribution is 6.17. The van der Waals surface area contributed by atoms with Crippen LogP contribution in [0.5, 0.6) is 0 Å². The number of nitrogens with zero attached hydrogens (tertiary/aromatic N) is 2. The van der Waals surface area contributed by atoms with Gasteiger partial charge in [0.05, 0.1) is 0 Å². The first-order chi connectivity index (χ1) is 25.7. The van der Waals surface area contributed by atoms with Gasteiger partial charge in [0, 0.05) is 38.2 Å². The maximum atomic E-state index is 6.47. The maximum absolute atomic E-state index is 6.47. The van der Waals surface area contributed by atoms with Gasteiger partial charge in [-0.15, -0.1) is 0 Å². The fourth-order valence-corrected chi connectivity index (χ4v) is 7.89. The molecular formula is C47H29N3O2. The first-order valence-electron chi connectivity index (χ1n) is 17.5. The fourth-order valence-electron chi connectivity index (χ4n) is 7.89. The number of para-hydroxylation sites is 2. The molecule has 2 aromatic heterocycles. The minimum Gasteiger partial charge on any atom is -0.456 e. The van der Waals surface area contributed by atoms with Crippen LogP contribution in [0.3, 0.4) is 0 Å². The first-order valence-corrected chi connectivity index (χ1v) is 17.5. The number of rotatable bonds is 4. The van der Waals surface area contributed by atoms with Gasteiger partial charge in [-0.25, -0.2) is 9.98 Å². The van der Waals surface area contributed by atoms with Crippen molar-refractivity contribution in [3.05, 3.63) is 180 Å². The molecular weight excluding hydrogens is 639 g/mol. The van der Waals surface area contributed by atoms with E-state index in [1.54, 1.807) is 0 Å². The summed E-state index contributed by atoms with van der Waals surface area (Å²) in [5.41, 5.74) is 8.41. The van der Waals surface area contributed by atoms with Crippen molar-refractivity contribution in [3.8, 4) is 11.1 Å². The van der Waals surface area contributed by atoms with Crippen molar-refractivity contribution in [2.24, 2.45) is 9.98 Å². The number of hydrogen-bond acceptors (Lipinski definition) is 5. The molecule has 244 valence electrons. The van der Waals surface area contributed by atoms with Crippen molar-refractivity contribution in [3.63, 3.8) is 0 Å². The minimum atomic E-state index is -0.485. The Morgan fingerprint density at radius 3 is 1.98 bits per heavy atom. The van der Waals surface area contributed by atoms with E-state index in [-0.39, 0.29) is 0 Å². The van der Waals surface area contributed by atoms with Gasteiger partial charge in [-0.05, 0) is 69.1 Å². The van der Waals surface area contributed by atoms with Crippen LogP contribution >= 0.6 is 0 Å². The molecule has 11 rings (SSSR count). The maximum Gasteiger partial charge on any atom is 0.159 e. The predicted molar refractivity (Wildman–Crippen MR) is 213 cm³/mol. The van der Waals surface area contributed by atoms with Gasteiger partial charge >= 0.3 is 0 Å². The highest BCUT2D eigenvalue weighted by atomic mass is 16.3. The number of amidine groups is 2. The van der Waals surface area contributed by atoms with Gasteiger partial charge in [-0.2, -0.15) is 0 Å². The zero-order valence-corrected chi connectivity index (χ0v) is 27.9. The lowest BCUT2D eigenvalue weighted by atomic mass is 9.92. The molecule has 1 aliphatic rings. The molecule has 10 aromatic rings. The Bertz CT molecular complexity index is 3110. The average molecular weight is 668 g/mol. The second-order valence-electron chi connectivity index (χ2n) is 13.4. The molecule has 1 unspecified atom stereocenters. The van der Waals surface area contributed by atoms with Gasteiger partial charge in [0.2, 0.25) is 0 Å². The summed E-state index contributed by atoms with van der Waals surface area (Å²) in [6.45, 7) is 0. The molecule has 5 nitrogen and oxygen atoms in total. The van der Waals surface area contributed by atoms with Gasteiger partial charge in [0.1, 0.15) is 34.3 Å². The molecule has 0 saturated carbocycles. The molecule has 52 heavy (non-hydrogen) atoms. The standard InChI is InChI=1S/C47H29N3O2/c1-2-11-29(12-3-1)45-48-46(32-21-22-34-30(26-32)19-18-28-10-4-5-13-33(28)34)50-47(49-45)44-35(24-25-41-43(44)38-15-7-9-17-40(38)51-41)31-20-23-37-36-14-6-8-16-39(36)52-42(37)27-31/h1-27,47H,(H,48,49,50). The number of hydrogen-bond donors (Lipinski definition) is 1. The van der Waals surface area contributed by atoms with E-state index in [0.717, 1.165) is 82.9 Å². The monoisotopic (exact) mass is 667 g/mol. The van der Waals surface area contributed by atoms with Crippen LogP contribution in [0.25, 0.3) is 76.5 Å². The van der Waals surface area contributed by atoms with Crippen molar-refractivity contribution < 1.29 is 8.83 Å². The number of nitrogens with one attached hydrogen (secondary N) is 1. The zero-order chi connectivity index (χ0) is 34.2. The molecule has 0 fully saturated rings. The summed E-state index contributed by atoms with van der Waals surface area (Å²) in [5.74, 6) is 1.43. The van der Waals surface area contributed by atoms with Crippen LogP contribution in [0.1, 0.15) is 22.9 Å². The van der Waals surface area contributed by atoms with Gasteiger partial charge in [-0.3, -0.25) is 0 Å². The van der Waals surface area contributed by atoms with Crippen LogP contribution in [0.2, 0.25) is 0 Å². The number of fused-ring (bicyclic) bond motifs is 9. The molecule has 0 amide bonds. The number of aliphatic imine (C=N–C) groups is 2. The van der Waals surface area contributed by atoms with Gasteiger partial charge in [0.15, 0.2) is 5.84 Å². The third-order valence-corrected chi connectivity index (χ3v) is 10.3. The molecule has 3 heterocycles. The van der Waals surface area contributed by atoms with Crippen LogP contribution in [-0.4, -0.2) is 11.7 Å². The lowest BCUT2D eigenvalue weighted by Crippen LogP contribution is -2.34. The molecule has 0 aliphatic carbocycles. The molecule has 8 aromatic carbocycles. The Hall–Kier alpha value is -6.98. The zero-order valence-electron chi connectivity index (χ0n) is 27.9. The third-order valence-electron chi connectivity index (χ3n) is 10.3. The Morgan fingerprint density at radius 2 is 1.10 bits per heavy atom. The van der Waals surface area contributed by atoms with E-state index in [1.807, 2.05) is 42.5 Å². The van der Waals surface area contributed by atoms with E-state index < -0.39 is 6.17 Å². The Morgan fingerprint density at radius 1 is 0.442 bits per heavy atom. The van der Waals surface area contributed by atoms with Gasteiger partial charge in [0.25, 0.3) is 0 Å². The topological polar surface area (TPSA) is 63.0 Å². The number of furan rings is 2. The molecule has 5 heteroatoms. The summed E-state index contributed by atoms with van der Waals surface area (Å²) >= 11 is 0. The van der Waals surface area contributed by atoms with Crippen molar-refractivity contribution >= 4 is 77.1 Å². The van der Waals surface area contributed by atoms with Crippen LogP contribution in [0.15, 0.2) is 183 Å². The van der Waals surface area contributed by atoms with Crippen molar-refractivity contribution in [2.75, 3.05) is 0 Å². The van der Waals surface area contributed by atoms with E-state index in [0.29, 0.717) is 5.84 Å². The smallest absolute Gasteiger partial charge is 0.159 e. The summed E-state index contributed by atoms with van der Waals surface area (Å²) in [7, 11) is 0. The van der Waals surface area contributed by atoms with E-state index in [9.17, 15) is 0 Å². The van der Waals surface area contributed by atoms with E-state index in [4.69, 9.17) is 18.8 Å². The molecule has 0 radical (unpaired) electrons. The number of benzene rings is 8.